The number of urea groups is 1. The van der Waals surface area contributed by atoms with Gasteiger partial charge in [-0.1, -0.05) is 0 Å². The quantitative estimate of drug-likeness (QED) is 0.184. The molecule has 0 aromatic heterocycles. The molecule has 0 aromatic carbocycles. The third-order valence-corrected chi connectivity index (χ3v) is 2.14. The van der Waals surface area contributed by atoms with Gasteiger partial charge in [-0.25, -0.2) is 4.79 Å². The highest BCUT2D eigenvalue weighted by atomic mass is 16.5. The first-order chi connectivity index (χ1) is 8.06. The molecule has 17 heavy (non-hydrogen) atoms. The van der Waals surface area contributed by atoms with Gasteiger partial charge in [-0.2, -0.15) is 0 Å². The number of nitrogens with one attached hydrogen (secondary N) is 4. The van der Waals surface area contributed by atoms with E-state index in [4.69, 9.17) is 15.3 Å². The third-order valence-electron chi connectivity index (χ3n) is 2.14. The Labute approximate surface area is 96.6 Å². The highest BCUT2D eigenvalue weighted by molar-refractivity contribution is 5.98. The van der Waals surface area contributed by atoms with E-state index >= 15 is 0 Å². The number of amides is 3. The van der Waals surface area contributed by atoms with Crippen LogP contribution in [0.3, 0.4) is 0 Å². The van der Waals surface area contributed by atoms with E-state index in [0.717, 1.165) is 0 Å². The minimum Gasteiger partial charge on any atom is -0.394 e. The molecule has 1 fully saturated rings. The lowest BCUT2D eigenvalue weighted by Gasteiger charge is -2.14. The lowest BCUT2D eigenvalue weighted by molar-refractivity contribution is -0.108. The predicted octanol–water partition coefficient (Wildman–Crippen LogP) is -2.57. The number of ether oxygens (including phenoxy) is 1. The lowest BCUT2D eigenvalue weighted by atomic mass is 10.2. The molecule has 3 atom stereocenters. The van der Waals surface area contributed by atoms with Crippen molar-refractivity contribution in [1.82, 2.24) is 16.0 Å². The predicted molar refractivity (Wildman–Crippen MR) is 55.0 cm³/mol. The number of hydrogen-bond donors (Lipinski definition) is 6. The summed E-state index contributed by atoms with van der Waals surface area (Å²) in [7, 11) is 0. The molecule has 1 aliphatic rings. The number of hydrogen-bond acceptors (Lipinski definition) is 6. The van der Waals surface area contributed by atoms with Gasteiger partial charge in [0, 0.05) is 6.42 Å². The molecule has 9 nitrogen and oxygen atoms in total. The van der Waals surface area contributed by atoms with Gasteiger partial charge in [0.1, 0.15) is 12.3 Å². The SMILES string of the molecule is N=C(NC=O)NC(=O)N[C@H]1C[C@H](O)[C@@H](CO)O1. The van der Waals surface area contributed by atoms with Gasteiger partial charge in [0.15, 0.2) is 0 Å². The molecular weight excluding hydrogens is 232 g/mol. The maximum Gasteiger partial charge on any atom is 0.323 e. The second-order valence-electron chi connectivity index (χ2n) is 3.38. The Morgan fingerprint density at radius 1 is 1.59 bits per heavy atom. The molecule has 1 aliphatic heterocycles. The Balaban J connectivity index is 2.32. The van der Waals surface area contributed by atoms with Crippen LogP contribution in [0.1, 0.15) is 6.42 Å². The average molecular weight is 246 g/mol. The van der Waals surface area contributed by atoms with Gasteiger partial charge >= 0.3 is 6.03 Å². The van der Waals surface area contributed by atoms with Gasteiger partial charge in [-0.05, 0) is 0 Å². The van der Waals surface area contributed by atoms with Gasteiger partial charge in [0.2, 0.25) is 12.4 Å². The molecule has 0 aromatic rings. The van der Waals surface area contributed by atoms with E-state index in [-0.39, 0.29) is 19.4 Å². The number of guanidine groups is 1. The van der Waals surface area contributed by atoms with E-state index < -0.39 is 30.4 Å². The zero-order valence-electron chi connectivity index (χ0n) is 8.84. The van der Waals surface area contributed by atoms with Crippen molar-refractivity contribution in [2.75, 3.05) is 6.61 Å². The van der Waals surface area contributed by atoms with Crippen LogP contribution in [0.2, 0.25) is 0 Å². The van der Waals surface area contributed by atoms with Crippen LogP contribution in [0, 0.1) is 5.41 Å². The topological polar surface area (TPSA) is 144 Å². The van der Waals surface area contributed by atoms with Crippen LogP contribution in [-0.4, -0.2) is 53.7 Å². The van der Waals surface area contributed by atoms with Crippen LogP contribution in [-0.2, 0) is 9.53 Å². The van der Waals surface area contributed by atoms with Crippen molar-refractivity contribution in [3.63, 3.8) is 0 Å². The Hall–Kier alpha value is -1.71. The van der Waals surface area contributed by atoms with E-state index in [9.17, 15) is 14.7 Å². The molecule has 0 radical (unpaired) electrons. The maximum atomic E-state index is 11.2. The van der Waals surface area contributed by atoms with Gasteiger partial charge in [0.05, 0.1) is 12.7 Å². The number of rotatable bonds is 3. The van der Waals surface area contributed by atoms with Crippen LogP contribution < -0.4 is 16.0 Å². The van der Waals surface area contributed by atoms with Crippen molar-refractivity contribution in [2.24, 2.45) is 0 Å². The molecule has 1 rings (SSSR count). The second kappa shape index (κ2) is 6.13. The third kappa shape index (κ3) is 3.98. The Bertz CT molecular complexity index is 310. The van der Waals surface area contributed by atoms with Crippen LogP contribution in [0.15, 0.2) is 0 Å². The van der Waals surface area contributed by atoms with Crippen molar-refractivity contribution in [3.8, 4) is 0 Å². The number of aliphatic hydroxyl groups excluding tert-OH is 2. The fourth-order valence-corrected chi connectivity index (χ4v) is 1.38. The molecule has 0 bridgehead atoms. The molecule has 0 unspecified atom stereocenters. The summed E-state index contributed by atoms with van der Waals surface area (Å²) >= 11 is 0. The first-order valence-electron chi connectivity index (χ1n) is 4.87. The van der Waals surface area contributed by atoms with Crippen molar-refractivity contribution in [2.45, 2.75) is 24.9 Å². The Kier molecular flexibility index (Phi) is 4.82. The molecule has 6 N–H and O–H groups in total. The van der Waals surface area contributed by atoms with Gasteiger partial charge < -0.3 is 20.3 Å². The van der Waals surface area contributed by atoms with Crippen molar-refractivity contribution in [1.29, 1.82) is 5.41 Å². The van der Waals surface area contributed by atoms with Crippen LogP contribution in [0.4, 0.5) is 4.79 Å². The van der Waals surface area contributed by atoms with Gasteiger partial charge in [-0.15, -0.1) is 0 Å². The Morgan fingerprint density at radius 2 is 2.29 bits per heavy atom. The average Bonchev–Trinajstić information content (AvgIpc) is 2.58. The smallest absolute Gasteiger partial charge is 0.323 e. The summed E-state index contributed by atoms with van der Waals surface area (Å²) in [5, 5.41) is 31.5. The summed E-state index contributed by atoms with van der Waals surface area (Å²) in [4.78, 5) is 21.2. The summed E-state index contributed by atoms with van der Waals surface area (Å²) < 4.78 is 5.10. The van der Waals surface area contributed by atoms with Crippen molar-refractivity contribution < 1.29 is 24.5 Å². The normalized spacial score (nSPS) is 27.3. The van der Waals surface area contributed by atoms with E-state index in [1.807, 2.05) is 10.6 Å². The van der Waals surface area contributed by atoms with Crippen molar-refractivity contribution in [3.05, 3.63) is 0 Å². The van der Waals surface area contributed by atoms with Crippen LogP contribution in [0.5, 0.6) is 0 Å². The highest BCUT2D eigenvalue weighted by Crippen LogP contribution is 2.17. The monoisotopic (exact) mass is 246 g/mol. The fourth-order valence-electron chi connectivity index (χ4n) is 1.38. The van der Waals surface area contributed by atoms with Crippen LogP contribution >= 0.6 is 0 Å². The Morgan fingerprint density at radius 3 is 2.82 bits per heavy atom. The molecule has 0 saturated carbocycles. The molecule has 0 aliphatic carbocycles. The largest absolute Gasteiger partial charge is 0.394 e. The highest BCUT2D eigenvalue weighted by Gasteiger charge is 2.34. The molecule has 1 heterocycles. The molecule has 1 saturated heterocycles. The summed E-state index contributed by atoms with van der Waals surface area (Å²) in [5.41, 5.74) is 0. The fraction of sp³-hybridized carbons (Fsp3) is 0.625. The minimum absolute atomic E-state index is 0.146. The zero-order chi connectivity index (χ0) is 12.8. The standard InChI is InChI=1S/C8H14N4O5/c9-7(10-3-14)12-8(16)11-6-1-4(15)5(2-13)17-6/h3-6,13,15H,1-2H2,(H4,9,10,11,12,14,16)/t4-,5+,6+/m0/s1. The van der Waals surface area contributed by atoms with Gasteiger partial charge in [-0.3, -0.25) is 20.8 Å². The molecule has 9 heteroatoms. The molecule has 96 valence electrons. The van der Waals surface area contributed by atoms with Crippen LogP contribution in [0.25, 0.3) is 0 Å². The number of carbonyl (C=O) groups excluding carboxylic acids is 2. The molecule has 0 spiro atoms. The summed E-state index contributed by atoms with van der Waals surface area (Å²) in [6.45, 7) is -0.344. The van der Waals surface area contributed by atoms with E-state index in [1.165, 1.54) is 0 Å². The number of aliphatic hydroxyl groups is 2. The van der Waals surface area contributed by atoms with E-state index in [2.05, 4.69) is 5.32 Å². The first kappa shape index (κ1) is 13.4. The molecule has 3 amide bonds. The summed E-state index contributed by atoms with van der Waals surface area (Å²) in [6, 6.07) is -0.750. The molecular formula is C8H14N4O5. The van der Waals surface area contributed by atoms with Gasteiger partial charge in [0.25, 0.3) is 0 Å². The number of carbonyl (C=O) groups is 2. The second-order valence-corrected chi connectivity index (χ2v) is 3.38. The summed E-state index contributed by atoms with van der Waals surface area (Å²) in [5.74, 6) is -0.477. The zero-order valence-corrected chi connectivity index (χ0v) is 8.84. The maximum absolute atomic E-state index is 11.2. The van der Waals surface area contributed by atoms with E-state index in [0.29, 0.717) is 0 Å². The summed E-state index contributed by atoms with van der Waals surface area (Å²) in [6.07, 6.45) is -1.93. The first-order valence-corrected chi connectivity index (χ1v) is 4.87. The van der Waals surface area contributed by atoms with E-state index in [1.54, 1.807) is 0 Å². The lowest BCUT2D eigenvalue weighted by Crippen LogP contribution is -2.48. The van der Waals surface area contributed by atoms with Crippen molar-refractivity contribution >= 4 is 18.4 Å². The minimum atomic E-state index is -0.849.